The fraction of sp³-hybridized carbons (Fsp3) is 0.500. The van der Waals surface area contributed by atoms with Gasteiger partial charge in [-0.15, -0.1) is 21.5 Å². The molecule has 2 aliphatic rings. The van der Waals surface area contributed by atoms with Gasteiger partial charge >= 0.3 is 0 Å². The second kappa shape index (κ2) is 6.51. The van der Waals surface area contributed by atoms with Crippen LogP contribution in [0.2, 0.25) is 0 Å². The van der Waals surface area contributed by atoms with Gasteiger partial charge in [0.25, 0.3) is 5.91 Å². The molecule has 1 aliphatic carbocycles. The number of hydrogen-bond donors (Lipinski definition) is 0. The van der Waals surface area contributed by atoms with E-state index in [2.05, 4.69) is 10.2 Å². The normalized spacial score (nSPS) is 18.6. The summed E-state index contributed by atoms with van der Waals surface area (Å²) in [6, 6.07) is 7.33. The van der Waals surface area contributed by atoms with Crippen LogP contribution in [0.25, 0.3) is 0 Å². The minimum Gasteiger partial charge on any atom is -0.497 e. The van der Waals surface area contributed by atoms with Gasteiger partial charge in [0.1, 0.15) is 15.8 Å². The van der Waals surface area contributed by atoms with Gasteiger partial charge in [-0.1, -0.05) is 0 Å². The topological polar surface area (TPSA) is 55.3 Å². The fourth-order valence-electron chi connectivity index (χ4n) is 3.15. The minimum atomic E-state index is 0.104. The lowest BCUT2D eigenvalue weighted by Gasteiger charge is -2.31. The largest absolute Gasteiger partial charge is 0.497 e. The monoisotopic (exact) mass is 343 g/mol. The van der Waals surface area contributed by atoms with Crippen LogP contribution in [0.3, 0.4) is 0 Å². The number of rotatable bonds is 4. The zero-order valence-electron chi connectivity index (χ0n) is 13.8. The predicted octanol–water partition coefficient (Wildman–Crippen LogP) is 3.44. The number of benzene rings is 1. The van der Waals surface area contributed by atoms with E-state index in [9.17, 15) is 4.79 Å². The summed E-state index contributed by atoms with van der Waals surface area (Å²) in [5, 5.41) is 11.1. The van der Waals surface area contributed by atoms with Crippen LogP contribution in [0.1, 0.15) is 57.9 Å². The highest BCUT2D eigenvalue weighted by molar-refractivity contribution is 7.11. The van der Waals surface area contributed by atoms with Gasteiger partial charge in [0, 0.05) is 30.5 Å². The van der Waals surface area contributed by atoms with Gasteiger partial charge in [0.2, 0.25) is 0 Å². The molecular weight excluding hydrogens is 322 g/mol. The molecule has 0 radical (unpaired) electrons. The number of piperidine rings is 1. The molecule has 1 aromatic heterocycles. The summed E-state index contributed by atoms with van der Waals surface area (Å²) in [4.78, 5) is 14.5. The third-order valence-corrected chi connectivity index (χ3v) is 6.10. The lowest BCUT2D eigenvalue weighted by atomic mass is 9.97. The molecule has 2 fully saturated rings. The number of aromatic nitrogens is 2. The number of likely N-dealkylation sites (tertiary alicyclic amines) is 1. The zero-order valence-corrected chi connectivity index (χ0v) is 14.6. The molecule has 5 nitrogen and oxygen atoms in total. The number of methoxy groups -OCH3 is 1. The van der Waals surface area contributed by atoms with Crippen LogP contribution in [-0.2, 0) is 0 Å². The maximum absolute atomic E-state index is 12.6. The van der Waals surface area contributed by atoms with E-state index >= 15 is 0 Å². The van der Waals surface area contributed by atoms with Crippen molar-refractivity contribution in [1.82, 2.24) is 15.1 Å². The molecule has 0 N–H and O–H groups in total. The first-order chi connectivity index (χ1) is 11.7. The summed E-state index contributed by atoms with van der Waals surface area (Å²) in [6.45, 7) is 1.57. The summed E-state index contributed by atoms with van der Waals surface area (Å²) >= 11 is 1.78. The summed E-state index contributed by atoms with van der Waals surface area (Å²) in [6.07, 6.45) is 4.48. The van der Waals surface area contributed by atoms with Gasteiger partial charge in [-0.05, 0) is 49.9 Å². The first kappa shape index (κ1) is 15.6. The van der Waals surface area contributed by atoms with Gasteiger partial charge in [-0.25, -0.2) is 0 Å². The zero-order chi connectivity index (χ0) is 16.5. The molecule has 0 bridgehead atoms. The average molecular weight is 343 g/mol. The Balaban J connectivity index is 1.36. The van der Waals surface area contributed by atoms with E-state index in [0.717, 1.165) is 42.3 Å². The molecule has 1 amide bonds. The van der Waals surface area contributed by atoms with Crippen LogP contribution in [0.5, 0.6) is 5.75 Å². The second-order valence-electron chi connectivity index (χ2n) is 6.55. The van der Waals surface area contributed by atoms with Crippen LogP contribution >= 0.6 is 11.3 Å². The van der Waals surface area contributed by atoms with Gasteiger partial charge in [0.15, 0.2) is 0 Å². The molecule has 126 valence electrons. The highest BCUT2D eigenvalue weighted by Gasteiger charge is 2.31. The van der Waals surface area contributed by atoms with E-state index in [4.69, 9.17) is 4.74 Å². The van der Waals surface area contributed by atoms with E-state index < -0.39 is 0 Å². The molecular formula is C18H21N3O2S. The third-order valence-electron chi connectivity index (χ3n) is 4.85. The van der Waals surface area contributed by atoms with Crippen molar-refractivity contribution in [2.24, 2.45) is 0 Å². The number of ether oxygens (including phenoxy) is 1. The Kier molecular flexibility index (Phi) is 4.22. The average Bonchev–Trinajstić information content (AvgIpc) is 3.38. The minimum absolute atomic E-state index is 0.104. The number of carbonyl (C=O) groups is 1. The Morgan fingerprint density at radius 1 is 1.04 bits per heavy atom. The molecule has 24 heavy (non-hydrogen) atoms. The van der Waals surface area contributed by atoms with Crippen molar-refractivity contribution in [2.75, 3.05) is 20.2 Å². The third kappa shape index (κ3) is 3.15. The molecule has 0 spiro atoms. The van der Waals surface area contributed by atoms with Gasteiger partial charge in [-0.3, -0.25) is 4.79 Å². The molecule has 2 aromatic rings. The Hall–Kier alpha value is -1.95. The van der Waals surface area contributed by atoms with Gasteiger partial charge < -0.3 is 9.64 Å². The Labute approximate surface area is 145 Å². The molecule has 1 saturated heterocycles. The van der Waals surface area contributed by atoms with Crippen molar-refractivity contribution < 1.29 is 9.53 Å². The van der Waals surface area contributed by atoms with Crippen molar-refractivity contribution in [2.45, 2.75) is 37.5 Å². The lowest BCUT2D eigenvalue weighted by molar-refractivity contribution is 0.0713. The van der Waals surface area contributed by atoms with E-state index in [1.54, 1.807) is 18.4 Å². The van der Waals surface area contributed by atoms with Crippen molar-refractivity contribution in [3.63, 3.8) is 0 Å². The van der Waals surface area contributed by atoms with Crippen molar-refractivity contribution >= 4 is 17.2 Å². The standard InChI is InChI=1S/C18H21N3O2S/c1-23-15-6-4-14(5-7-15)18(22)21-10-8-13(9-11-21)17-20-19-16(24-17)12-2-3-12/h4-7,12-13H,2-3,8-11H2,1H3. The molecule has 4 rings (SSSR count). The van der Waals surface area contributed by atoms with Crippen molar-refractivity contribution in [3.8, 4) is 5.75 Å². The first-order valence-electron chi connectivity index (χ1n) is 8.51. The van der Waals surface area contributed by atoms with E-state index in [1.807, 2.05) is 29.2 Å². The maximum Gasteiger partial charge on any atom is 0.253 e. The summed E-state index contributed by atoms with van der Waals surface area (Å²) in [5.74, 6) is 2.00. The van der Waals surface area contributed by atoms with E-state index in [1.165, 1.54) is 17.8 Å². The Bertz CT molecular complexity index is 716. The highest BCUT2D eigenvalue weighted by atomic mass is 32.1. The fourth-order valence-corrected chi connectivity index (χ4v) is 4.33. The van der Waals surface area contributed by atoms with Crippen LogP contribution in [-0.4, -0.2) is 41.2 Å². The van der Waals surface area contributed by atoms with Crippen LogP contribution in [0.15, 0.2) is 24.3 Å². The molecule has 1 aliphatic heterocycles. The van der Waals surface area contributed by atoms with Crippen LogP contribution in [0.4, 0.5) is 0 Å². The molecule has 0 unspecified atom stereocenters. The first-order valence-corrected chi connectivity index (χ1v) is 9.33. The Morgan fingerprint density at radius 2 is 1.62 bits per heavy atom. The Morgan fingerprint density at radius 3 is 2.17 bits per heavy atom. The molecule has 0 atom stereocenters. The van der Waals surface area contributed by atoms with E-state index in [0.29, 0.717) is 11.8 Å². The molecule has 6 heteroatoms. The molecule has 1 saturated carbocycles. The maximum atomic E-state index is 12.6. The van der Waals surface area contributed by atoms with Gasteiger partial charge in [-0.2, -0.15) is 0 Å². The summed E-state index contributed by atoms with van der Waals surface area (Å²) in [7, 11) is 1.63. The van der Waals surface area contributed by atoms with Crippen LogP contribution in [0, 0.1) is 0 Å². The number of hydrogen-bond acceptors (Lipinski definition) is 5. The van der Waals surface area contributed by atoms with Gasteiger partial charge in [0.05, 0.1) is 7.11 Å². The predicted molar refractivity (Wildman–Crippen MR) is 92.8 cm³/mol. The molecule has 1 aromatic carbocycles. The number of nitrogens with zero attached hydrogens (tertiary/aromatic N) is 3. The highest BCUT2D eigenvalue weighted by Crippen LogP contribution is 2.43. The molecule has 2 heterocycles. The summed E-state index contributed by atoms with van der Waals surface area (Å²) < 4.78 is 5.14. The van der Waals surface area contributed by atoms with Crippen molar-refractivity contribution in [3.05, 3.63) is 39.8 Å². The number of carbonyl (C=O) groups excluding carboxylic acids is 1. The number of amides is 1. The van der Waals surface area contributed by atoms with Crippen molar-refractivity contribution in [1.29, 1.82) is 0 Å². The summed E-state index contributed by atoms with van der Waals surface area (Å²) in [5.41, 5.74) is 0.723. The quantitative estimate of drug-likeness (QED) is 0.853. The van der Waals surface area contributed by atoms with Crippen LogP contribution < -0.4 is 4.74 Å². The smallest absolute Gasteiger partial charge is 0.253 e. The lowest BCUT2D eigenvalue weighted by Crippen LogP contribution is -2.37. The van der Waals surface area contributed by atoms with E-state index in [-0.39, 0.29) is 5.91 Å². The SMILES string of the molecule is COc1ccc(C(=O)N2CCC(c3nnc(C4CC4)s3)CC2)cc1. The second-order valence-corrected chi connectivity index (χ2v) is 7.59.